The zero-order valence-corrected chi connectivity index (χ0v) is 13.8. The van der Waals surface area contributed by atoms with E-state index in [1.54, 1.807) is 28.8 Å². The predicted octanol–water partition coefficient (Wildman–Crippen LogP) is 4.93. The molecule has 0 unspecified atom stereocenters. The fraction of sp³-hybridized carbons (Fsp3) is 0. The summed E-state index contributed by atoms with van der Waals surface area (Å²) in [5.41, 5.74) is 7.84. The summed E-state index contributed by atoms with van der Waals surface area (Å²) in [5, 5.41) is 0.557. The molecule has 0 aliphatic carbocycles. The number of halogens is 4. The number of aromatic nitrogens is 2. The maximum absolute atomic E-state index is 13.8. The van der Waals surface area contributed by atoms with Gasteiger partial charge in [0.1, 0.15) is 5.82 Å². The van der Waals surface area contributed by atoms with Gasteiger partial charge in [0.05, 0.1) is 21.2 Å². The third-order valence-corrected chi connectivity index (χ3v) is 4.38. The maximum Gasteiger partial charge on any atom is 0.205 e. The Labute approximate surface area is 135 Å². The first-order valence-electron chi connectivity index (χ1n) is 5.56. The Balaban J connectivity index is 2.38. The lowest BCUT2D eigenvalue weighted by Crippen LogP contribution is -2.01. The van der Waals surface area contributed by atoms with Gasteiger partial charge >= 0.3 is 0 Å². The van der Waals surface area contributed by atoms with Crippen LogP contribution < -0.4 is 5.73 Å². The predicted molar refractivity (Wildman–Crippen MR) is 85.9 cm³/mol. The molecule has 3 aromatic rings. The van der Waals surface area contributed by atoms with Gasteiger partial charge in [-0.05, 0) is 56.1 Å². The molecule has 0 atom stereocenters. The molecule has 20 heavy (non-hydrogen) atoms. The number of benzene rings is 2. The third-order valence-electron chi connectivity index (χ3n) is 2.87. The third kappa shape index (κ3) is 2.21. The van der Waals surface area contributed by atoms with Crippen LogP contribution in [0.1, 0.15) is 0 Å². The summed E-state index contributed by atoms with van der Waals surface area (Å²) in [4.78, 5) is 4.24. The number of fused-ring (bicyclic) bond motifs is 1. The molecular formula is C13H7Br2ClFN3. The van der Waals surface area contributed by atoms with Gasteiger partial charge in [-0.25, -0.2) is 9.37 Å². The smallest absolute Gasteiger partial charge is 0.205 e. The first-order chi connectivity index (χ1) is 9.47. The average Bonchev–Trinajstić information content (AvgIpc) is 2.69. The quantitative estimate of drug-likeness (QED) is 0.608. The highest BCUT2D eigenvalue weighted by Gasteiger charge is 2.15. The van der Waals surface area contributed by atoms with E-state index in [-0.39, 0.29) is 11.8 Å². The first kappa shape index (κ1) is 13.9. The highest BCUT2D eigenvalue weighted by molar-refractivity contribution is 9.10. The molecule has 2 N–H and O–H groups in total. The minimum absolute atomic E-state index is 0.264. The number of nitrogen functional groups attached to an aromatic ring is 1. The Hall–Kier alpha value is -1.11. The van der Waals surface area contributed by atoms with Crippen molar-refractivity contribution in [3.8, 4) is 5.69 Å². The second-order valence-corrected chi connectivity index (χ2v) is 6.30. The molecule has 2 aromatic carbocycles. The van der Waals surface area contributed by atoms with E-state index >= 15 is 0 Å². The van der Waals surface area contributed by atoms with Gasteiger partial charge < -0.3 is 5.73 Å². The summed E-state index contributed by atoms with van der Waals surface area (Å²) >= 11 is 12.6. The van der Waals surface area contributed by atoms with Crippen LogP contribution in [-0.4, -0.2) is 9.55 Å². The van der Waals surface area contributed by atoms with E-state index < -0.39 is 0 Å². The summed E-state index contributed by atoms with van der Waals surface area (Å²) in [6.07, 6.45) is 0. The maximum atomic E-state index is 13.8. The summed E-state index contributed by atoms with van der Waals surface area (Å²) in [6.45, 7) is 0. The molecule has 7 heteroatoms. The number of nitrogens with two attached hydrogens (primary N) is 1. The van der Waals surface area contributed by atoms with E-state index in [1.165, 1.54) is 6.07 Å². The Kier molecular flexibility index (Phi) is 3.48. The van der Waals surface area contributed by atoms with E-state index in [0.29, 0.717) is 26.2 Å². The van der Waals surface area contributed by atoms with Crippen LogP contribution in [0.25, 0.3) is 16.7 Å². The highest BCUT2D eigenvalue weighted by atomic mass is 79.9. The molecule has 0 radical (unpaired) electrons. The fourth-order valence-corrected chi connectivity index (χ4v) is 2.92. The van der Waals surface area contributed by atoms with Gasteiger partial charge in [-0.3, -0.25) is 4.57 Å². The van der Waals surface area contributed by atoms with Crippen molar-refractivity contribution >= 4 is 60.4 Å². The lowest BCUT2D eigenvalue weighted by Gasteiger charge is -2.09. The van der Waals surface area contributed by atoms with E-state index in [4.69, 9.17) is 17.3 Å². The average molecular weight is 419 g/mol. The summed E-state index contributed by atoms with van der Waals surface area (Å²) in [6, 6.07) is 8.27. The van der Waals surface area contributed by atoms with Gasteiger partial charge in [0.15, 0.2) is 0 Å². The number of anilines is 1. The molecule has 0 spiro atoms. The second kappa shape index (κ2) is 5.02. The van der Waals surface area contributed by atoms with Crippen molar-refractivity contribution in [3.05, 3.63) is 50.1 Å². The van der Waals surface area contributed by atoms with Gasteiger partial charge in [0, 0.05) is 15.6 Å². The summed E-state index contributed by atoms with van der Waals surface area (Å²) < 4.78 is 16.6. The molecule has 1 aromatic heterocycles. The molecule has 0 saturated carbocycles. The summed E-state index contributed by atoms with van der Waals surface area (Å²) in [5.74, 6) is -0.114. The molecule has 0 bridgehead atoms. The van der Waals surface area contributed by atoms with Crippen LogP contribution in [0.3, 0.4) is 0 Å². The van der Waals surface area contributed by atoms with E-state index in [2.05, 4.69) is 36.8 Å². The van der Waals surface area contributed by atoms with E-state index in [1.807, 2.05) is 0 Å². The van der Waals surface area contributed by atoms with Crippen molar-refractivity contribution in [3.63, 3.8) is 0 Å². The Bertz CT molecular complexity index is 832. The van der Waals surface area contributed by atoms with Gasteiger partial charge in [-0.15, -0.1) is 0 Å². The van der Waals surface area contributed by atoms with Crippen LogP contribution in [0.15, 0.2) is 39.3 Å². The molecule has 0 amide bonds. The standard InChI is InChI=1S/C13H7Br2ClFN3/c14-7-2-1-6(16)3-11(7)20-12-5-9(17)8(15)4-10(12)19-13(20)18/h1-5H,(H2,18,19). The number of hydrogen-bond acceptors (Lipinski definition) is 2. The molecule has 3 nitrogen and oxygen atoms in total. The highest BCUT2D eigenvalue weighted by Crippen LogP contribution is 2.32. The molecule has 0 fully saturated rings. The molecular weight excluding hydrogens is 412 g/mol. The largest absolute Gasteiger partial charge is 0.369 e. The minimum atomic E-state index is -0.378. The van der Waals surface area contributed by atoms with Crippen molar-refractivity contribution < 1.29 is 4.39 Å². The summed E-state index contributed by atoms with van der Waals surface area (Å²) in [7, 11) is 0. The minimum Gasteiger partial charge on any atom is -0.369 e. The SMILES string of the molecule is Nc1nc2cc(Br)c(F)cc2n1-c1cc(Cl)ccc1Br. The molecule has 0 aliphatic rings. The number of hydrogen-bond donors (Lipinski definition) is 1. The van der Waals surface area contributed by atoms with Gasteiger partial charge in [0.25, 0.3) is 0 Å². The Morgan fingerprint density at radius 3 is 2.65 bits per heavy atom. The zero-order chi connectivity index (χ0) is 14.4. The lowest BCUT2D eigenvalue weighted by atomic mass is 10.2. The Morgan fingerprint density at radius 2 is 1.90 bits per heavy atom. The van der Waals surface area contributed by atoms with Gasteiger partial charge in [0.2, 0.25) is 5.95 Å². The van der Waals surface area contributed by atoms with E-state index in [0.717, 1.165) is 4.47 Å². The van der Waals surface area contributed by atoms with Crippen LogP contribution in [0.5, 0.6) is 0 Å². The molecule has 102 valence electrons. The van der Waals surface area contributed by atoms with Crippen LogP contribution >= 0.6 is 43.5 Å². The normalized spacial score (nSPS) is 11.2. The fourth-order valence-electron chi connectivity index (χ4n) is 2.00. The van der Waals surface area contributed by atoms with Crippen LogP contribution in [0.2, 0.25) is 5.02 Å². The van der Waals surface area contributed by atoms with Crippen molar-refractivity contribution in [1.82, 2.24) is 9.55 Å². The van der Waals surface area contributed by atoms with Crippen molar-refractivity contribution in [2.45, 2.75) is 0 Å². The molecule has 0 aliphatic heterocycles. The monoisotopic (exact) mass is 417 g/mol. The number of rotatable bonds is 1. The Morgan fingerprint density at radius 1 is 1.15 bits per heavy atom. The van der Waals surface area contributed by atoms with Crippen LogP contribution in [0, 0.1) is 5.82 Å². The molecule has 0 saturated heterocycles. The zero-order valence-electron chi connectivity index (χ0n) is 9.87. The van der Waals surface area contributed by atoms with Crippen molar-refractivity contribution in [2.75, 3.05) is 5.73 Å². The van der Waals surface area contributed by atoms with Gasteiger partial charge in [-0.1, -0.05) is 11.6 Å². The lowest BCUT2D eigenvalue weighted by molar-refractivity contribution is 0.622. The number of imidazole rings is 1. The second-order valence-electron chi connectivity index (χ2n) is 4.16. The van der Waals surface area contributed by atoms with Crippen molar-refractivity contribution in [1.29, 1.82) is 0 Å². The van der Waals surface area contributed by atoms with Crippen LogP contribution in [-0.2, 0) is 0 Å². The number of nitrogens with zero attached hydrogens (tertiary/aromatic N) is 2. The van der Waals surface area contributed by atoms with Crippen molar-refractivity contribution in [2.24, 2.45) is 0 Å². The molecule has 1 heterocycles. The first-order valence-corrected chi connectivity index (χ1v) is 7.52. The topological polar surface area (TPSA) is 43.8 Å². The van der Waals surface area contributed by atoms with E-state index in [9.17, 15) is 4.39 Å². The van der Waals surface area contributed by atoms with Gasteiger partial charge in [-0.2, -0.15) is 0 Å². The molecule has 3 rings (SSSR count). The van der Waals surface area contributed by atoms with Crippen LogP contribution in [0.4, 0.5) is 10.3 Å².